The van der Waals surface area contributed by atoms with Crippen LogP contribution in [-0.4, -0.2) is 91.1 Å². The summed E-state index contributed by atoms with van der Waals surface area (Å²) >= 11 is 0. The van der Waals surface area contributed by atoms with E-state index in [0.29, 0.717) is 44.7 Å². The van der Waals surface area contributed by atoms with Gasteiger partial charge in [0.1, 0.15) is 5.84 Å². The average Bonchev–Trinajstić information content (AvgIpc) is 3.08. The molecule has 1 fully saturated rings. The zero-order valence-electron chi connectivity index (χ0n) is 23.2. The molecule has 0 spiro atoms. The minimum Gasteiger partial charge on any atom is -0.363 e. The molecule has 2 amide bonds. The number of benzene rings is 1. The third-order valence-electron chi connectivity index (χ3n) is 6.51. The Morgan fingerprint density at radius 1 is 1.11 bits per heavy atom. The molecule has 198 valence electrons. The molecule has 2 aliphatic rings. The van der Waals surface area contributed by atoms with Crippen LogP contribution in [0, 0.1) is 0 Å². The van der Waals surface area contributed by atoms with Crippen LogP contribution in [0.4, 0.5) is 0 Å². The highest BCUT2D eigenvalue weighted by Gasteiger charge is 2.26. The second-order valence-corrected chi connectivity index (χ2v) is 9.71. The lowest BCUT2D eigenvalue weighted by Crippen LogP contribution is -2.41. The zero-order chi connectivity index (χ0) is 26.9. The van der Waals surface area contributed by atoms with Crippen LogP contribution in [0.15, 0.2) is 76.5 Å². The van der Waals surface area contributed by atoms with Crippen LogP contribution < -0.4 is 0 Å². The molecule has 1 aromatic carbocycles. The Hall–Kier alpha value is -3.45. The monoisotopic (exact) mass is 503 g/mol. The lowest BCUT2D eigenvalue weighted by atomic mass is 10.0. The first-order valence-electron chi connectivity index (χ1n) is 13.1. The number of allylic oxidation sites excluding steroid dienone is 4. The van der Waals surface area contributed by atoms with Crippen molar-refractivity contribution in [3.63, 3.8) is 0 Å². The molecule has 3 rings (SSSR count). The molecule has 7 nitrogen and oxygen atoms in total. The number of amidine groups is 1. The fourth-order valence-corrected chi connectivity index (χ4v) is 4.64. The van der Waals surface area contributed by atoms with Gasteiger partial charge < -0.3 is 14.7 Å². The van der Waals surface area contributed by atoms with Crippen LogP contribution in [0.25, 0.3) is 0 Å². The van der Waals surface area contributed by atoms with Crippen molar-refractivity contribution in [2.45, 2.75) is 33.7 Å². The fraction of sp³-hybridized carbons (Fsp3) is 0.433. The summed E-state index contributed by atoms with van der Waals surface area (Å²) in [6.45, 7) is 9.48. The molecule has 0 saturated carbocycles. The first-order valence-corrected chi connectivity index (χ1v) is 13.1. The molecular formula is C30H41N5O2. The highest BCUT2D eigenvalue weighted by molar-refractivity contribution is 6.01. The van der Waals surface area contributed by atoms with E-state index in [2.05, 4.69) is 23.1 Å². The van der Waals surface area contributed by atoms with Crippen molar-refractivity contribution in [2.24, 2.45) is 4.99 Å². The summed E-state index contributed by atoms with van der Waals surface area (Å²) in [6.07, 6.45) is 11.0. The van der Waals surface area contributed by atoms with E-state index in [1.54, 1.807) is 0 Å². The number of fused-ring (bicyclic) bond motifs is 2. The van der Waals surface area contributed by atoms with E-state index in [1.807, 2.05) is 93.0 Å². The molecule has 0 N–H and O–H groups in total. The van der Waals surface area contributed by atoms with Gasteiger partial charge in [-0.05, 0) is 63.2 Å². The summed E-state index contributed by atoms with van der Waals surface area (Å²) in [5.74, 6) is 1.02. The van der Waals surface area contributed by atoms with Gasteiger partial charge in [0.2, 0.25) is 5.91 Å². The summed E-state index contributed by atoms with van der Waals surface area (Å²) in [4.78, 5) is 38.7. The standard InChI is InChI=1S/C30H41N5O2/c1-7-10-17-34(9-3)30(37)25-13-11-23(12-14-25)21-35-27-16-15-26(29(31-8-2)32(4)5)18-24(19-27)20-33(6)22-28(35)36/h7,10-16,18H,8-9,17,19-22H2,1-6H3/b10-7-,31-29?. The molecule has 7 heteroatoms. The summed E-state index contributed by atoms with van der Waals surface area (Å²) in [6, 6.07) is 7.65. The van der Waals surface area contributed by atoms with Crippen LogP contribution in [0.3, 0.4) is 0 Å². The van der Waals surface area contributed by atoms with Crippen LogP contribution >= 0.6 is 0 Å². The Morgan fingerprint density at radius 3 is 2.46 bits per heavy atom. The molecule has 1 saturated heterocycles. The van der Waals surface area contributed by atoms with E-state index in [0.717, 1.165) is 29.2 Å². The second-order valence-electron chi connectivity index (χ2n) is 9.71. The molecule has 37 heavy (non-hydrogen) atoms. The Bertz CT molecular complexity index is 1130. The predicted octanol–water partition coefficient (Wildman–Crippen LogP) is 4.12. The SMILES string of the molecule is C/C=C\CN(CC)C(=O)c1ccc(CN2C(=O)CN(C)CC3=CC(C(=NCC)N(C)C)=CC=C2C3)cc1. The highest BCUT2D eigenvalue weighted by Crippen LogP contribution is 2.27. The maximum atomic E-state index is 13.3. The first kappa shape index (κ1) is 28.1. The Labute approximate surface area is 222 Å². The first-order chi connectivity index (χ1) is 17.8. The van der Waals surface area contributed by atoms with Crippen molar-refractivity contribution in [3.8, 4) is 0 Å². The van der Waals surface area contributed by atoms with Crippen molar-refractivity contribution in [1.29, 1.82) is 0 Å². The molecule has 0 aromatic heterocycles. The highest BCUT2D eigenvalue weighted by atomic mass is 16.2. The predicted molar refractivity (Wildman–Crippen MR) is 151 cm³/mol. The third-order valence-corrected chi connectivity index (χ3v) is 6.51. The number of carbonyl (C=O) groups excluding carboxylic acids is 2. The number of nitrogens with zero attached hydrogens (tertiary/aromatic N) is 5. The van der Waals surface area contributed by atoms with E-state index in [1.165, 1.54) is 5.57 Å². The molecule has 0 atom stereocenters. The largest absolute Gasteiger partial charge is 0.363 e. The Kier molecular flexibility index (Phi) is 10.0. The number of aliphatic imine (C=N–C) groups is 1. The molecule has 2 bridgehead atoms. The van der Waals surface area contributed by atoms with Crippen LogP contribution in [0.2, 0.25) is 0 Å². The number of amides is 2. The van der Waals surface area contributed by atoms with Gasteiger partial charge in [0.25, 0.3) is 5.91 Å². The molecule has 1 aromatic rings. The number of likely N-dealkylation sites (N-methyl/N-ethyl adjacent to an activating group) is 3. The topological polar surface area (TPSA) is 59.5 Å². The summed E-state index contributed by atoms with van der Waals surface area (Å²) in [5.41, 5.74) is 4.94. The summed E-state index contributed by atoms with van der Waals surface area (Å²) < 4.78 is 0. The molecule has 0 radical (unpaired) electrons. The van der Waals surface area contributed by atoms with Crippen molar-refractivity contribution in [2.75, 3.05) is 53.9 Å². The fourth-order valence-electron chi connectivity index (χ4n) is 4.64. The van der Waals surface area contributed by atoms with Crippen LogP contribution in [0.1, 0.15) is 43.1 Å². The van der Waals surface area contributed by atoms with Crippen molar-refractivity contribution < 1.29 is 9.59 Å². The summed E-state index contributed by atoms with van der Waals surface area (Å²) in [7, 11) is 6.00. The lowest BCUT2D eigenvalue weighted by molar-refractivity contribution is -0.131. The van der Waals surface area contributed by atoms with E-state index in [-0.39, 0.29) is 11.8 Å². The minimum absolute atomic E-state index is 0.0143. The molecular weight excluding hydrogens is 462 g/mol. The average molecular weight is 504 g/mol. The zero-order valence-corrected chi connectivity index (χ0v) is 23.2. The number of hydrogen-bond donors (Lipinski definition) is 0. The van der Waals surface area contributed by atoms with E-state index < -0.39 is 0 Å². The molecule has 1 aliphatic carbocycles. The van der Waals surface area contributed by atoms with E-state index in [9.17, 15) is 9.59 Å². The van der Waals surface area contributed by atoms with E-state index >= 15 is 0 Å². The maximum Gasteiger partial charge on any atom is 0.254 e. The third kappa shape index (κ3) is 7.29. The smallest absolute Gasteiger partial charge is 0.254 e. The molecule has 1 aliphatic heterocycles. The number of carbonyl (C=O) groups is 2. The summed E-state index contributed by atoms with van der Waals surface area (Å²) in [5, 5.41) is 0. The van der Waals surface area contributed by atoms with Gasteiger partial charge in [-0.3, -0.25) is 19.5 Å². The van der Waals surface area contributed by atoms with Crippen molar-refractivity contribution >= 4 is 17.6 Å². The Morgan fingerprint density at radius 2 is 1.84 bits per heavy atom. The second kappa shape index (κ2) is 13.2. The van der Waals surface area contributed by atoms with Gasteiger partial charge in [-0.15, -0.1) is 0 Å². The van der Waals surface area contributed by atoms with Gasteiger partial charge in [-0.1, -0.05) is 30.4 Å². The van der Waals surface area contributed by atoms with Gasteiger partial charge in [0.05, 0.1) is 13.1 Å². The maximum absolute atomic E-state index is 13.3. The minimum atomic E-state index is 0.0143. The normalized spacial score (nSPS) is 17.0. The quantitative estimate of drug-likeness (QED) is 0.304. The van der Waals surface area contributed by atoms with Crippen LogP contribution in [-0.2, 0) is 11.3 Å². The van der Waals surface area contributed by atoms with Gasteiger partial charge >= 0.3 is 0 Å². The van der Waals surface area contributed by atoms with E-state index in [4.69, 9.17) is 4.99 Å². The van der Waals surface area contributed by atoms with Gasteiger partial charge in [-0.2, -0.15) is 0 Å². The van der Waals surface area contributed by atoms with Crippen molar-refractivity contribution in [3.05, 3.63) is 82.6 Å². The number of rotatable bonds is 8. The molecule has 1 heterocycles. The van der Waals surface area contributed by atoms with Crippen molar-refractivity contribution in [1.82, 2.24) is 19.6 Å². The lowest BCUT2D eigenvalue weighted by Gasteiger charge is -2.32. The van der Waals surface area contributed by atoms with Gasteiger partial charge in [0, 0.05) is 63.5 Å². The molecule has 0 unspecified atom stereocenters. The number of hydrogen-bond acceptors (Lipinski definition) is 4. The van der Waals surface area contributed by atoms with Crippen LogP contribution in [0.5, 0.6) is 0 Å². The Balaban J connectivity index is 1.89. The van der Waals surface area contributed by atoms with Gasteiger partial charge in [-0.25, -0.2) is 0 Å². The van der Waals surface area contributed by atoms with Gasteiger partial charge in [0.15, 0.2) is 0 Å².